The van der Waals surface area contributed by atoms with Crippen molar-refractivity contribution < 1.29 is 34.5 Å². The molecule has 0 rings (SSSR count). The summed E-state index contributed by atoms with van der Waals surface area (Å²) in [6.45, 7) is 4.97. The molecule has 0 aliphatic carbocycles. The number of carboxylic acids is 3. The number of carbonyl (C=O) groups is 4. The van der Waals surface area contributed by atoms with Crippen LogP contribution < -0.4 is 22.9 Å². The van der Waals surface area contributed by atoms with Crippen molar-refractivity contribution in [1.82, 2.24) is 0 Å². The fraction of sp³-hybridized carbons (Fsp3) is 0.667. The second kappa shape index (κ2) is 13.4. The molecule has 0 radical (unpaired) electrons. The Morgan fingerprint density at radius 1 is 0.826 bits per heavy atom. The van der Waals surface area contributed by atoms with Crippen molar-refractivity contribution in [3.8, 4) is 0 Å². The highest BCUT2D eigenvalue weighted by Gasteiger charge is 2.14. The minimum Gasteiger partial charge on any atom is -0.480 e. The molecule has 136 valence electrons. The summed E-state index contributed by atoms with van der Waals surface area (Å²) >= 11 is 0. The zero-order valence-corrected chi connectivity index (χ0v) is 13.3. The van der Waals surface area contributed by atoms with E-state index in [1.165, 1.54) is 6.92 Å². The van der Waals surface area contributed by atoms with E-state index in [1.54, 1.807) is 13.8 Å². The van der Waals surface area contributed by atoms with Crippen LogP contribution in [-0.4, -0.2) is 57.3 Å². The topological polar surface area (TPSA) is 233 Å². The number of carboxylic acid groups (broad SMARTS) is 3. The quantitative estimate of drug-likeness (QED) is 0.274. The molecule has 0 aliphatic rings. The standard InChI is InChI=1S/C5H11NO2.C4H8N2O3.C3H7NO2/c1-3(2)4(6)5(7)8;5-2(4(8)9)1-3(6)7;1-2(4)3(5)6/h3-4H,6H2,1-2H3,(H,7,8);2H,1,5H2,(H2,6,7)(H,8,9);2H,4H2,1H3,(H,5,6)/t4-;2*2-/m000/s1. The van der Waals surface area contributed by atoms with Gasteiger partial charge in [0.25, 0.3) is 0 Å². The van der Waals surface area contributed by atoms with Crippen LogP contribution in [0.4, 0.5) is 0 Å². The van der Waals surface area contributed by atoms with Gasteiger partial charge in [-0.1, -0.05) is 13.8 Å². The van der Waals surface area contributed by atoms with E-state index in [4.69, 9.17) is 32.5 Å². The van der Waals surface area contributed by atoms with Gasteiger partial charge in [-0.15, -0.1) is 0 Å². The second-order valence-electron chi connectivity index (χ2n) is 4.85. The second-order valence-corrected chi connectivity index (χ2v) is 4.85. The lowest BCUT2D eigenvalue weighted by molar-refractivity contribution is -0.140. The van der Waals surface area contributed by atoms with Gasteiger partial charge in [0, 0.05) is 0 Å². The van der Waals surface area contributed by atoms with E-state index in [0.717, 1.165) is 0 Å². The molecule has 0 fully saturated rings. The lowest BCUT2D eigenvalue weighted by atomic mass is 10.1. The predicted molar refractivity (Wildman–Crippen MR) is 81.2 cm³/mol. The molecule has 0 aromatic carbocycles. The largest absolute Gasteiger partial charge is 0.480 e. The van der Waals surface area contributed by atoms with Crippen molar-refractivity contribution in [2.75, 3.05) is 0 Å². The van der Waals surface area contributed by atoms with E-state index in [2.05, 4.69) is 5.73 Å². The van der Waals surface area contributed by atoms with Crippen molar-refractivity contribution in [2.45, 2.75) is 45.3 Å². The minimum absolute atomic E-state index is 0.0208. The number of aliphatic carboxylic acids is 3. The molecule has 0 bridgehead atoms. The number of carbonyl (C=O) groups excluding carboxylic acids is 1. The van der Waals surface area contributed by atoms with Gasteiger partial charge in [-0.25, -0.2) is 0 Å². The Balaban J connectivity index is -0.000000266. The molecular weight excluding hydrogens is 312 g/mol. The molecule has 1 amide bonds. The van der Waals surface area contributed by atoms with Gasteiger partial charge in [-0.2, -0.15) is 0 Å². The van der Waals surface area contributed by atoms with Gasteiger partial charge in [0.1, 0.15) is 18.1 Å². The third-order valence-corrected chi connectivity index (χ3v) is 2.13. The smallest absolute Gasteiger partial charge is 0.321 e. The molecule has 11 N–H and O–H groups in total. The molecule has 11 heteroatoms. The number of rotatable bonds is 6. The monoisotopic (exact) mass is 338 g/mol. The Morgan fingerprint density at radius 2 is 1.17 bits per heavy atom. The van der Waals surface area contributed by atoms with Crippen LogP contribution >= 0.6 is 0 Å². The third kappa shape index (κ3) is 19.8. The Bertz CT molecular complexity index is 399. The number of hydrogen-bond acceptors (Lipinski definition) is 7. The van der Waals surface area contributed by atoms with E-state index in [0.29, 0.717) is 0 Å². The van der Waals surface area contributed by atoms with Gasteiger partial charge in [-0.05, 0) is 12.8 Å². The van der Waals surface area contributed by atoms with Gasteiger partial charge < -0.3 is 38.3 Å². The summed E-state index contributed by atoms with van der Waals surface area (Å²) < 4.78 is 0. The van der Waals surface area contributed by atoms with Crippen LogP contribution in [0, 0.1) is 5.92 Å². The number of hydrogen-bond donors (Lipinski definition) is 7. The Kier molecular flexibility index (Phi) is 15.0. The van der Waals surface area contributed by atoms with Gasteiger partial charge in [0.05, 0.1) is 6.42 Å². The zero-order chi connectivity index (χ0) is 19.3. The van der Waals surface area contributed by atoms with E-state index in [1.807, 2.05) is 0 Å². The molecule has 23 heavy (non-hydrogen) atoms. The SMILES string of the molecule is CC(C)[C@H](N)C(=O)O.C[C@H](N)C(=O)O.NC(=O)C[C@H](N)C(=O)O. The van der Waals surface area contributed by atoms with Gasteiger partial charge in [0.15, 0.2) is 0 Å². The summed E-state index contributed by atoms with van der Waals surface area (Å²) in [5, 5.41) is 24.2. The summed E-state index contributed by atoms with van der Waals surface area (Å²) in [7, 11) is 0. The van der Waals surface area contributed by atoms with E-state index >= 15 is 0 Å². The van der Waals surface area contributed by atoms with Crippen molar-refractivity contribution in [3.05, 3.63) is 0 Å². The van der Waals surface area contributed by atoms with Crippen molar-refractivity contribution in [2.24, 2.45) is 28.9 Å². The molecule has 0 heterocycles. The summed E-state index contributed by atoms with van der Waals surface area (Å²) in [6, 6.07) is -2.61. The third-order valence-electron chi connectivity index (χ3n) is 2.13. The maximum Gasteiger partial charge on any atom is 0.321 e. The Hall–Kier alpha value is -2.24. The van der Waals surface area contributed by atoms with Crippen molar-refractivity contribution in [1.29, 1.82) is 0 Å². The van der Waals surface area contributed by atoms with Gasteiger partial charge >= 0.3 is 17.9 Å². The highest BCUT2D eigenvalue weighted by molar-refractivity contribution is 5.83. The van der Waals surface area contributed by atoms with Gasteiger partial charge in [-0.3, -0.25) is 19.2 Å². The Labute approximate surface area is 133 Å². The molecule has 0 unspecified atom stereocenters. The fourth-order valence-electron chi connectivity index (χ4n) is 0.589. The maximum absolute atomic E-state index is 10.0. The van der Waals surface area contributed by atoms with Crippen LogP contribution in [0.2, 0.25) is 0 Å². The summed E-state index contributed by atoms with van der Waals surface area (Å²) in [5.74, 6) is -3.79. The maximum atomic E-state index is 10.0. The molecule has 3 atom stereocenters. The Morgan fingerprint density at radius 3 is 1.22 bits per heavy atom. The van der Waals surface area contributed by atoms with Crippen LogP contribution in [0.25, 0.3) is 0 Å². The van der Waals surface area contributed by atoms with Crippen LogP contribution in [0.15, 0.2) is 0 Å². The first-order chi connectivity index (χ1) is 10.2. The van der Waals surface area contributed by atoms with Crippen LogP contribution in [0.3, 0.4) is 0 Å². The van der Waals surface area contributed by atoms with E-state index < -0.39 is 41.9 Å². The number of nitrogens with two attached hydrogens (primary N) is 4. The zero-order valence-electron chi connectivity index (χ0n) is 13.3. The first-order valence-corrected chi connectivity index (χ1v) is 6.47. The van der Waals surface area contributed by atoms with Crippen LogP contribution in [0.5, 0.6) is 0 Å². The first-order valence-electron chi connectivity index (χ1n) is 6.47. The average Bonchev–Trinajstić information content (AvgIpc) is 2.37. The fourth-order valence-corrected chi connectivity index (χ4v) is 0.589. The van der Waals surface area contributed by atoms with Gasteiger partial charge in [0.2, 0.25) is 5.91 Å². The predicted octanol–water partition coefficient (Wildman–Crippen LogP) is -2.25. The molecule has 0 aromatic heterocycles. The van der Waals surface area contributed by atoms with Crippen LogP contribution in [-0.2, 0) is 19.2 Å². The summed E-state index contributed by atoms with van der Waals surface area (Å²) in [4.78, 5) is 39.5. The average molecular weight is 338 g/mol. The molecule has 0 aromatic rings. The van der Waals surface area contributed by atoms with Crippen LogP contribution in [0.1, 0.15) is 27.2 Å². The first kappa shape index (κ1) is 25.7. The summed E-state index contributed by atoms with van der Waals surface area (Å²) in [6.07, 6.45) is -0.310. The highest BCUT2D eigenvalue weighted by atomic mass is 16.4. The minimum atomic E-state index is -1.21. The number of amides is 1. The van der Waals surface area contributed by atoms with Crippen molar-refractivity contribution in [3.63, 3.8) is 0 Å². The molecule has 0 aliphatic heterocycles. The molecule has 11 nitrogen and oxygen atoms in total. The highest BCUT2D eigenvalue weighted by Crippen LogP contribution is 1.96. The van der Waals surface area contributed by atoms with E-state index in [9.17, 15) is 19.2 Å². The van der Waals surface area contributed by atoms with Crippen molar-refractivity contribution >= 4 is 23.8 Å². The normalized spacial score (nSPS) is 13.3. The lowest BCUT2D eigenvalue weighted by Crippen LogP contribution is -2.34. The molecule has 0 saturated carbocycles. The van der Waals surface area contributed by atoms with E-state index in [-0.39, 0.29) is 12.3 Å². The summed E-state index contributed by atoms with van der Waals surface area (Å²) in [5.41, 5.74) is 19.6. The lowest BCUT2D eigenvalue weighted by Gasteiger charge is -2.07. The molecule has 0 saturated heterocycles. The molecular formula is C12H26N4O7. The number of primary amides is 1. The molecule has 0 spiro atoms.